The molecule has 1 aromatic heterocycles. The number of carbonyl (C=O) groups is 3. The molecule has 0 saturated heterocycles. The Labute approximate surface area is 95.6 Å². The summed E-state index contributed by atoms with van der Waals surface area (Å²) in [6, 6.07) is 0. The van der Waals surface area contributed by atoms with Crippen LogP contribution in [0.4, 0.5) is 0 Å². The van der Waals surface area contributed by atoms with E-state index in [-0.39, 0.29) is 12.4 Å². The molecule has 0 saturated carbocycles. The lowest BCUT2D eigenvalue weighted by molar-refractivity contribution is -0.137. The quantitative estimate of drug-likeness (QED) is 0.472. The van der Waals surface area contributed by atoms with Gasteiger partial charge in [-0.2, -0.15) is 0 Å². The Kier molecular flexibility index (Phi) is 4.14. The first-order chi connectivity index (χ1) is 7.99. The second-order valence-corrected chi connectivity index (χ2v) is 3.10. The van der Waals surface area contributed by atoms with Crippen LogP contribution in [0.3, 0.4) is 0 Å². The molecular formula is C8H11N5O4. The van der Waals surface area contributed by atoms with Crippen molar-refractivity contribution in [1.29, 1.82) is 0 Å². The molecule has 1 aromatic rings. The molecule has 4 N–H and O–H groups in total. The van der Waals surface area contributed by atoms with Gasteiger partial charge in [-0.15, -0.1) is 5.10 Å². The number of aromatic amines is 1. The highest BCUT2D eigenvalue weighted by molar-refractivity contribution is 5.93. The maximum Gasteiger partial charge on any atom is 0.322 e. The van der Waals surface area contributed by atoms with Gasteiger partial charge in [-0.1, -0.05) is 0 Å². The topological polar surface area (TPSA) is 137 Å². The first kappa shape index (κ1) is 12.6. The van der Waals surface area contributed by atoms with Crippen LogP contribution in [0.1, 0.15) is 16.4 Å². The van der Waals surface area contributed by atoms with Crippen molar-refractivity contribution in [3.05, 3.63) is 11.6 Å². The monoisotopic (exact) mass is 241 g/mol. The van der Waals surface area contributed by atoms with Crippen molar-refractivity contribution in [3.63, 3.8) is 0 Å². The fourth-order valence-electron chi connectivity index (χ4n) is 0.921. The lowest BCUT2D eigenvalue weighted by atomic mass is 10.5. The minimum Gasteiger partial charge on any atom is -0.480 e. The van der Waals surface area contributed by atoms with Crippen molar-refractivity contribution < 1.29 is 19.5 Å². The van der Waals surface area contributed by atoms with Crippen molar-refractivity contribution in [2.75, 3.05) is 13.1 Å². The van der Waals surface area contributed by atoms with E-state index in [2.05, 4.69) is 25.8 Å². The second-order valence-electron chi connectivity index (χ2n) is 3.10. The number of hydrogen-bond acceptors (Lipinski definition) is 5. The molecule has 0 fully saturated rings. The van der Waals surface area contributed by atoms with E-state index in [1.165, 1.54) is 0 Å². The zero-order chi connectivity index (χ0) is 12.8. The van der Waals surface area contributed by atoms with Crippen LogP contribution in [-0.2, 0) is 9.59 Å². The lowest BCUT2D eigenvalue weighted by Gasteiger charge is -2.02. The Morgan fingerprint density at radius 3 is 2.53 bits per heavy atom. The average molecular weight is 241 g/mol. The van der Waals surface area contributed by atoms with E-state index in [1.54, 1.807) is 6.92 Å². The number of carboxylic acid groups (broad SMARTS) is 1. The molecule has 0 radical (unpaired) electrons. The number of aliphatic carboxylic acids is 1. The molecule has 0 aliphatic carbocycles. The normalized spacial score (nSPS) is 9.71. The van der Waals surface area contributed by atoms with Gasteiger partial charge in [-0.3, -0.25) is 19.5 Å². The van der Waals surface area contributed by atoms with Gasteiger partial charge in [-0.05, 0) is 6.92 Å². The highest BCUT2D eigenvalue weighted by atomic mass is 16.4. The standard InChI is InChI=1S/C8H11N5O4/c1-4-11-7(13-12-4)8(17)10-2-5(14)9-3-6(15)16/h2-3H2,1H3,(H,9,14)(H,10,17)(H,15,16)(H,11,12,13). The molecule has 9 heteroatoms. The van der Waals surface area contributed by atoms with E-state index in [0.29, 0.717) is 5.82 Å². The second kappa shape index (κ2) is 5.58. The largest absolute Gasteiger partial charge is 0.480 e. The highest BCUT2D eigenvalue weighted by Gasteiger charge is 2.12. The minimum atomic E-state index is -1.16. The number of aromatic nitrogens is 3. The van der Waals surface area contributed by atoms with E-state index in [9.17, 15) is 14.4 Å². The molecule has 0 unspecified atom stereocenters. The van der Waals surface area contributed by atoms with Gasteiger partial charge < -0.3 is 15.7 Å². The number of nitrogens with zero attached hydrogens (tertiary/aromatic N) is 2. The van der Waals surface area contributed by atoms with Gasteiger partial charge >= 0.3 is 5.97 Å². The molecule has 1 rings (SSSR count). The zero-order valence-corrected chi connectivity index (χ0v) is 8.98. The number of nitrogens with one attached hydrogen (secondary N) is 3. The third-order valence-electron chi connectivity index (χ3n) is 1.65. The first-order valence-corrected chi connectivity index (χ1v) is 4.64. The van der Waals surface area contributed by atoms with Crippen LogP contribution in [0.5, 0.6) is 0 Å². The number of carbonyl (C=O) groups excluding carboxylic acids is 2. The third-order valence-corrected chi connectivity index (χ3v) is 1.65. The third kappa shape index (κ3) is 4.28. The number of carboxylic acids is 1. The molecule has 0 aromatic carbocycles. The Balaban J connectivity index is 2.33. The van der Waals surface area contributed by atoms with Crippen molar-refractivity contribution in [2.24, 2.45) is 0 Å². The molecule has 0 aliphatic heterocycles. The molecule has 2 amide bonds. The fraction of sp³-hybridized carbons (Fsp3) is 0.375. The number of hydrogen-bond donors (Lipinski definition) is 4. The number of rotatable bonds is 5. The fourth-order valence-corrected chi connectivity index (χ4v) is 0.921. The first-order valence-electron chi connectivity index (χ1n) is 4.64. The van der Waals surface area contributed by atoms with Crippen LogP contribution < -0.4 is 10.6 Å². The van der Waals surface area contributed by atoms with E-state index in [0.717, 1.165) is 0 Å². The summed E-state index contributed by atoms with van der Waals surface area (Å²) in [5, 5.41) is 18.7. The lowest BCUT2D eigenvalue weighted by Crippen LogP contribution is -2.39. The van der Waals surface area contributed by atoms with Crippen LogP contribution in [0.25, 0.3) is 0 Å². The Morgan fingerprint density at radius 2 is 2.00 bits per heavy atom. The minimum absolute atomic E-state index is 0.0754. The summed E-state index contributed by atoms with van der Waals surface area (Å²) in [5.74, 6) is -1.97. The molecule has 92 valence electrons. The van der Waals surface area contributed by atoms with Gasteiger partial charge in [0.2, 0.25) is 11.7 Å². The number of aryl methyl sites for hydroxylation is 1. The van der Waals surface area contributed by atoms with Crippen molar-refractivity contribution >= 4 is 17.8 Å². The maximum absolute atomic E-state index is 11.3. The van der Waals surface area contributed by atoms with Gasteiger partial charge in [0, 0.05) is 0 Å². The maximum atomic E-state index is 11.3. The van der Waals surface area contributed by atoms with E-state index < -0.39 is 24.3 Å². The van der Waals surface area contributed by atoms with Crippen molar-refractivity contribution in [2.45, 2.75) is 6.92 Å². The van der Waals surface area contributed by atoms with Gasteiger partial charge in [0.25, 0.3) is 5.91 Å². The number of H-pyrrole nitrogens is 1. The summed E-state index contributed by atoms with van der Waals surface area (Å²) in [5.41, 5.74) is 0. The van der Waals surface area contributed by atoms with Crippen LogP contribution in [-0.4, -0.2) is 51.2 Å². The van der Waals surface area contributed by atoms with Gasteiger partial charge in [-0.25, -0.2) is 4.98 Å². The molecule has 17 heavy (non-hydrogen) atoms. The SMILES string of the molecule is Cc1nc(C(=O)NCC(=O)NCC(=O)O)n[nH]1. The van der Waals surface area contributed by atoms with Crippen molar-refractivity contribution in [3.8, 4) is 0 Å². The van der Waals surface area contributed by atoms with Crippen LogP contribution in [0.2, 0.25) is 0 Å². The summed E-state index contributed by atoms with van der Waals surface area (Å²) in [6.45, 7) is 0.803. The molecule has 0 spiro atoms. The summed E-state index contributed by atoms with van der Waals surface area (Å²) in [7, 11) is 0. The molecule has 9 nitrogen and oxygen atoms in total. The van der Waals surface area contributed by atoms with Gasteiger partial charge in [0.05, 0.1) is 6.54 Å². The molecule has 0 aliphatic rings. The summed E-state index contributed by atoms with van der Waals surface area (Å²) in [4.78, 5) is 36.3. The van der Waals surface area contributed by atoms with Gasteiger partial charge in [0.1, 0.15) is 12.4 Å². The molecular weight excluding hydrogens is 230 g/mol. The van der Waals surface area contributed by atoms with Crippen LogP contribution in [0, 0.1) is 6.92 Å². The average Bonchev–Trinajstić information content (AvgIpc) is 2.70. The van der Waals surface area contributed by atoms with Gasteiger partial charge in [0.15, 0.2) is 0 Å². The predicted octanol–water partition coefficient (Wildman–Crippen LogP) is -1.96. The van der Waals surface area contributed by atoms with Crippen LogP contribution in [0.15, 0.2) is 0 Å². The molecule has 1 heterocycles. The Morgan fingerprint density at radius 1 is 1.29 bits per heavy atom. The predicted molar refractivity (Wildman–Crippen MR) is 54.1 cm³/mol. The van der Waals surface area contributed by atoms with E-state index in [4.69, 9.17) is 5.11 Å². The number of amides is 2. The summed E-state index contributed by atoms with van der Waals surface area (Å²) in [6.07, 6.45) is 0. The van der Waals surface area contributed by atoms with E-state index >= 15 is 0 Å². The molecule has 0 atom stereocenters. The van der Waals surface area contributed by atoms with Crippen LogP contribution >= 0.6 is 0 Å². The summed E-state index contributed by atoms with van der Waals surface area (Å²) < 4.78 is 0. The molecule has 0 bridgehead atoms. The Hall–Kier alpha value is -2.45. The zero-order valence-electron chi connectivity index (χ0n) is 8.98. The van der Waals surface area contributed by atoms with E-state index in [1.807, 2.05) is 0 Å². The smallest absolute Gasteiger partial charge is 0.322 e. The van der Waals surface area contributed by atoms with Crippen molar-refractivity contribution in [1.82, 2.24) is 25.8 Å². The Bertz CT molecular complexity index is 441. The summed E-state index contributed by atoms with van der Waals surface area (Å²) >= 11 is 0. The highest BCUT2D eigenvalue weighted by Crippen LogP contribution is 1.89.